The molecule has 1 aliphatic carbocycles. The van der Waals surface area contributed by atoms with Crippen molar-refractivity contribution >= 4 is 23.3 Å². The average molecular weight is 405 g/mol. The van der Waals surface area contributed by atoms with Crippen molar-refractivity contribution in [1.82, 2.24) is 19.8 Å². The summed E-state index contributed by atoms with van der Waals surface area (Å²) in [6.07, 6.45) is 4.97. The monoisotopic (exact) mass is 404 g/mol. The predicted molar refractivity (Wildman–Crippen MR) is 107 cm³/mol. The quantitative estimate of drug-likeness (QED) is 0.724. The Balaban J connectivity index is 1.91. The number of nitrogens with zero attached hydrogens (tertiary/aromatic N) is 3. The van der Waals surface area contributed by atoms with Gasteiger partial charge in [-0.3, -0.25) is 9.59 Å². The van der Waals surface area contributed by atoms with Crippen LogP contribution in [0.5, 0.6) is 0 Å². The van der Waals surface area contributed by atoms with Crippen LogP contribution >= 0.6 is 11.5 Å². The van der Waals surface area contributed by atoms with Gasteiger partial charge in [0.2, 0.25) is 0 Å². The van der Waals surface area contributed by atoms with E-state index in [0.29, 0.717) is 24.0 Å². The molecule has 1 saturated carbocycles. The van der Waals surface area contributed by atoms with Crippen molar-refractivity contribution in [1.29, 1.82) is 0 Å². The Labute approximate surface area is 169 Å². The lowest BCUT2D eigenvalue weighted by molar-refractivity contribution is -0.127. The minimum atomic E-state index is -0.817. The SMILES string of the molecule is Cc1ccc([C@@H](C(=O)NC2CCCC2)N(CCC(C)C)C(=O)c2csnn2)o1. The Morgan fingerprint density at radius 3 is 2.64 bits per heavy atom. The van der Waals surface area contributed by atoms with Gasteiger partial charge in [0.15, 0.2) is 11.7 Å². The number of carbonyl (C=O) groups is 2. The first kappa shape index (κ1) is 20.5. The van der Waals surface area contributed by atoms with Crippen molar-refractivity contribution in [3.05, 3.63) is 34.7 Å². The Morgan fingerprint density at radius 2 is 2.07 bits per heavy atom. The molecule has 2 heterocycles. The van der Waals surface area contributed by atoms with Gasteiger partial charge in [-0.15, -0.1) is 5.10 Å². The number of amides is 2. The zero-order chi connectivity index (χ0) is 20.1. The third kappa shape index (κ3) is 4.98. The first-order valence-electron chi connectivity index (χ1n) is 9.90. The van der Waals surface area contributed by atoms with E-state index < -0.39 is 6.04 Å². The second-order valence-electron chi connectivity index (χ2n) is 7.81. The minimum absolute atomic E-state index is 0.161. The third-order valence-electron chi connectivity index (χ3n) is 5.08. The molecule has 2 aromatic heterocycles. The van der Waals surface area contributed by atoms with Crippen molar-refractivity contribution in [2.75, 3.05) is 6.54 Å². The molecule has 0 saturated heterocycles. The third-order valence-corrected chi connectivity index (χ3v) is 5.58. The Kier molecular flexibility index (Phi) is 6.83. The fourth-order valence-electron chi connectivity index (χ4n) is 3.53. The van der Waals surface area contributed by atoms with Crippen LogP contribution in [0.3, 0.4) is 0 Å². The molecule has 0 unspecified atom stereocenters. The minimum Gasteiger partial charge on any atom is -0.464 e. The molecule has 28 heavy (non-hydrogen) atoms. The van der Waals surface area contributed by atoms with Gasteiger partial charge in [-0.25, -0.2) is 0 Å². The van der Waals surface area contributed by atoms with E-state index in [-0.39, 0.29) is 23.6 Å². The lowest BCUT2D eigenvalue weighted by Crippen LogP contribution is -2.46. The molecule has 2 amide bonds. The molecule has 0 radical (unpaired) electrons. The zero-order valence-corrected chi connectivity index (χ0v) is 17.5. The molecule has 1 aliphatic rings. The van der Waals surface area contributed by atoms with E-state index in [1.807, 2.05) is 13.0 Å². The van der Waals surface area contributed by atoms with Gasteiger partial charge in [0.25, 0.3) is 11.8 Å². The van der Waals surface area contributed by atoms with Gasteiger partial charge >= 0.3 is 0 Å². The molecule has 152 valence electrons. The van der Waals surface area contributed by atoms with E-state index >= 15 is 0 Å². The summed E-state index contributed by atoms with van der Waals surface area (Å²) in [6, 6.07) is 2.94. The Bertz CT molecular complexity index is 781. The predicted octanol–water partition coefficient (Wildman–Crippen LogP) is 3.73. The summed E-state index contributed by atoms with van der Waals surface area (Å²) < 4.78 is 9.60. The molecular formula is C20H28N4O3S. The number of aromatic nitrogens is 2. The first-order chi connectivity index (χ1) is 13.5. The van der Waals surface area contributed by atoms with E-state index in [4.69, 9.17) is 4.42 Å². The van der Waals surface area contributed by atoms with Crippen LogP contribution in [0, 0.1) is 12.8 Å². The molecule has 0 bridgehead atoms. The van der Waals surface area contributed by atoms with Gasteiger partial charge < -0.3 is 14.6 Å². The van der Waals surface area contributed by atoms with Crippen LogP contribution in [0.25, 0.3) is 0 Å². The second kappa shape index (κ2) is 9.32. The highest BCUT2D eigenvalue weighted by atomic mass is 32.1. The normalized spacial score (nSPS) is 15.7. The van der Waals surface area contributed by atoms with Gasteiger partial charge in [-0.1, -0.05) is 31.2 Å². The molecule has 7 nitrogen and oxygen atoms in total. The van der Waals surface area contributed by atoms with Crippen molar-refractivity contribution in [2.24, 2.45) is 5.92 Å². The average Bonchev–Trinajstić information content (AvgIpc) is 3.40. The molecule has 0 spiro atoms. The van der Waals surface area contributed by atoms with E-state index in [2.05, 4.69) is 28.8 Å². The van der Waals surface area contributed by atoms with Crippen LogP contribution in [-0.2, 0) is 4.79 Å². The summed E-state index contributed by atoms with van der Waals surface area (Å²) in [5, 5.41) is 8.67. The molecule has 0 aromatic carbocycles. The topological polar surface area (TPSA) is 88.3 Å². The van der Waals surface area contributed by atoms with E-state index in [0.717, 1.165) is 43.6 Å². The summed E-state index contributed by atoms with van der Waals surface area (Å²) in [5.74, 6) is 1.09. The van der Waals surface area contributed by atoms with Gasteiger partial charge in [0.1, 0.15) is 11.5 Å². The lowest BCUT2D eigenvalue weighted by Gasteiger charge is -2.30. The largest absolute Gasteiger partial charge is 0.464 e. The summed E-state index contributed by atoms with van der Waals surface area (Å²) in [7, 11) is 0. The summed E-state index contributed by atoms with van der Waals surface area (Å²) >= 11 is 1.12. The van der Waals surface area contributed by atoms with Crippen molar-refractivity contribution < 1.29 is 14.0 Å². The van der Waals surface area contributed by atoms with Crippen molar-refractivity contribution in [3.63, 3.8) is 0 Å². The lowest BCUT2D eigenvalue weighted by atomic mass is 10.1. The highest BCUT2D eigenvalue weighted by molar-refractivity contribution is 7.03. The summed E-state index contributed by atoms with van der Waals surface area (Å²) in [4.78, 5) is 28.0. The number of furan rings is 1. The van der Waals surface area contributed by atoms with Crippen LogP contribution in [0.15, 0.2) is 21.9 Å². The van der Waals surface area contributed by atoms with Crippen LogP contribution in [0.1, 0.15) is 74.0 Å². The zero-order valence-electron chi connectivity index (χ0n) is 16.7. The van der Waals surface area contributed by atoms with Crippen LogP contribution < -0.4 is 5.32 Å². The van der Waals surface area contributed by atoms with Crippen LogP contribution in [-0.4, -0.2) is 38.9 Å². The van der Waals surface area contributed by atoms with Crippen molar-refractivity contribution in [2.45, 2.75) is 65.0 Å². The molecule has 1 fully saturated rings. The maximum absolute atomic E-state index is 13.3. The van der Waals surface area contributed by atoms with E-state index in [1.165, 1.54) is 0 Å². The van der Waals surface area contributed by atoms with Gasteiger partial charge in [0, 0.05) is 18.0 Å². The maximum Gasteiger partial charge on any atom is 0.276 e. The standard InChI is InChI=1S/C20H28N4O3S/c1-13(2)10-11-24(20(26)16-12-28-23-22-16)18(17-9-8-14(3)27-17)19(25)21-15-6-4-5-7-15/h8-9,12-13,15,18H,4-7,10-11H2,1-3H3,(H,21,25)/t18-/m0/s1. The summed E-state index contributed by atoms with van der Waals surface area (Å²) in [5.41, 5.74) is 0.260. The molecule has 3 rings (SSSR count). The number of aryl methyl sites for hydroxylation is 1. The number of hydrogen-bond acceptors (Lipinski definition) is 6. The molecular weight excluding hydrogens is 376 g/mol. The van der Waals surface area contributed by atoms with Gasteiger partial charge in [-0.2, -0.15) is 0 Å². The highest BCUT2D eigenvalue weighted by Gasteiger charge is 2.36. The number of carbonyl (C=O) groups excluding carboxylic acids is 2. The van der Waals surface area contributed by atoms with E-state index in [1.54, 1.807) is 16.3 Å². The fraction of sp³-hybridized carbons (Fsp3) is 0.600. The molecule has 0 aliphatic heterocycles. The molecule has 8 heteroatoms. The van der Waals surface area contributed by atoms with Gasteiger partial charge in [-0.05, 0) is 55.8 Å². The molecule has 1 N–H and O–H groups in total. The Morgan fingerprint density at radius 1 is 1.32 bits per heavy atom. The highest BCUT2D eigenvalue weighted by Crippen LogP contribution is 2.27. The smallest absolute Gasteiger partial charge is 0.276 e. The van der Waals surface area contributed by atoms with Gasteiger partial charge in [0.05, 0.1) is 0 Å². The number of rotatable bonds is 8. The Hall–Kier alpha value is -2.22. The fourth-order valence-corrected chi connectivity index (χ4v) is 3.96. The number of hydrogen-bond donors (Lipinski definition) is 1. The second-order valence-corrected chi connectivity index (χ2v) is 8.42. The summed E-state index contributed by atoms with van der Waals surface area (Å²) in [6.45, 7) is 6.46. The molecule has 1 atom stereocenters. The van der Waals surface area contributed by atoms with Crippen LogP contribution in [0.4, 0.5) is 0 Å². The first-order valence-corrected chi connectivity index (χ1v) is 10.7. The maximum atomic E-state index is 13.3. The number of nitrogens with one attached hydrogen (secondary N) is 1. The van der Waals surface area contributed by atoms with Crippen LogP contribution in [0.2, 0.25) is 0 Å². The van der Waals surface area contributed by atoms with Crippen molar-refractivity contribution in [3.8, 4) is 0 Å². The van der Waals surface area contributed by atoms with E-state index in [9.17, 15) is 9.59 Å². The molecule has 2 aromatic rings.